The van der Waals surface area contributed by atoms with E-state index >= 15 is 0 Å². The number of rotatable bonds is 4. The molecule has 1 saturated heterocycles. The maximum absolute atomic E-state index is 6.00. The number of morpholine rings is 1. The first-order valence-corrected chi connectivity index (χ1v) is 6.87. The van der Waals surface area contributed by atoms with E-state index < -0.39 is 0 Å². The van der Waals surface area contributed by atoms with Crippen molar-refractivity contribution in [1.82, 2.24) is 4.90 Å². The molecule has 4 heteroatoms. The lowest BCUT2D eigenvalue weighted by molar-refractivity contribution is -0.0653. The molecule has 3 unspecified atom stereocenters. The van der Waals surface area contributed by atoms with Crippen LogP contribution < -0.4 is 10.5 Å². The minimum atomic E-state index is 0.243. The fourth-order valence-electron chi connectivity index (χ4n) is 2.65. The third kappa shape index (κ3) is 3.26. The zero-order valence-electron chi connectivity index (χ0n) is 12.0. The van der Waals surface area contributed by atoms with Gasteiger partial charge in [0, 0.05) is 25.2 Å². The normalized spacial score (nSPS) is 26.1. The van der Waals surface area contributed by atoms with Crippen molar-refractivity contribution in [2.24, 2.45) is 5.73 Å². The molecule has 2 rings (SSSR count). The van der Waals surface area contributed by atoms with Crippen LogP contribution in [-0.2, 0) is 4.74 Å². The molecule has 2 N–H and O–H groups in total. The summed E-state index contributed by atoms with van der Waals surface area (Å²) in [5, 5.41) is 0. The van der Waals surface area contributed by atoms with Gasteiger partial charge in [0.05, 0.1) is 19.8 Å². The number of nitrogens with zero attached hydrogens (tertiary/aromatic N) is 1. The molecule has 0 bridgehead atoms. The number of benzene rings is 1. The Morgan fingerprint density at radius 2 is 2.05 bits per heavy atom. The Morgan fingerprint density at radius 1 is 1.37 bits per heavy atom. The summed E-state index contributed by atoms with van der Waals surface area (Å²) in [5.74, 6) is 0.878. The van der Waals surface area contributed by atoms with Crippen LogP contribution in [0.15, 0.2) is 24.3 Å². The predicted molar refractivity (Wildman–Crippen MR) is 76.4 cm³/mol. The summed E-state index contributed by atoms with van der Waals surface area (Å²) in [4.78, 5) is 2.44. The molecule has 0 radical (unpaired) electrons. The van der Waals surface area contributed by atoms with Gasteiger partial charge in [-0.15, -0.1) is 0 Å². The highest BCUT2D eigenvalue weighted by molar-refractivity contribution is 5.29. The zero-order chi connectivity index (χ0) is 13.8. The zero-order valence-corrected chi connectivity index (χ0v) is 12.0. The van der Waals surface area contributed by atoms with Crippen LogP contribution in [0.25, 0.3) is 0 Å². The van der Waals surface area contributed by atoms with Crippen molar-refractivity contribution in [3.8, 4) is 5.75 Å². The minimum absolute atomic E-state index is 0.243. The van der Waals surface area contributed by atoms with Crippen LogP contribution in [0, 0.1) is 0 Å². The molecule has 1 aliphatic heterocycles. The second kappa shape index (κ2) is 6.37. The Labute approximate surface area is 115 Å². The third-order valence-corrected chi connectivity index (χ3v) is 3.78. The number of nitrogens with two attached hydrogens (primary N) is 1. The summed E-state index contributed by atoms with van der Waals surface area (Å²) in [6.45, 7) is 6.62. The van der Waals surface area contributed by atoms with Gasteiger partial charge < -0.3 is 15.2 Å². The van der Waals surface area contributed by atoms with Crippen LogP contribution in [0.4, 0.5) is 0 Å². The molecule has 1 aliphatic rings. The topological polar surface area (TPSA) is 47.7 Å². The smallest absolute Gasteiger partial charge is 0.118 e. The van der Waals surface area contributed by atoms with E-state index in [0.717, 1.165) is 18.9 Å². The van der Waals surface area contributed by atoms with Gasteiger partial charge in [0.2, 0.25) is 0 Å². The molecule has 0 aromatic heterocycles. The van der Waals surface area contributed by atoms with E-state index in [9.17, 15) is 0 Å². The highest BCUT2D eigenvalue weighted by atomic mass is 16.5. The van der Waals surface area contributed by atoms with E-state index in [2.05, 4.69) is 30.9 Å². The average Bonchev–Trinajstić information content (AvgIpc) is 2.44. The van der Waals surface area contributed by atoms with Gasteiger partial charge in [-0.2, -0.15) is 0 Å². The molecule has 4 nitrogen and oxygen atoms in total. The molecule has 0 aliphatic carbocycles. The second-order valence-corrected chi connectivity index (χ2v) is 5.21. The van der Waals surface area contributed by atoms with Crippen molar-refractivity contribution in [1.29, 1.82) is 0 Å². The van der Waals surface area contributed by atoms with Crippen LogP contribution in [0.3, 0.4) is 0 Å². The van der Waals surface area contributed by atoms with E-state index in [1.54, 1.807) is 7.11 Å². The molecular formula is C15H24N2O2. The van der Waals surface area contributed by atoms with E-state index in [0.29, 0.717) is 12.6 Å². The number of methoxy groups -OCH3 is 1. The molecular weight excluding hydrogens is 240 g/mol. The van der Waals surface area contributed by atoms with Gasteiger partial charge in [-0.05, 0) is 31.5 Å². The molecule has 106 valence electrons. The van der Waals surface area contributed by atoms with Gasteiger partial charge in [-0.3, -0.25) is 4.90 Å². The Hall–Kier alpha value is -1.10. The van der Waals surface area contributed by atoms with Crippen molar-refractivity contribution >= 4 is 0 Å². The fraction of sp³-hybridized carbons (Fsp3) is 0.600. The summed E-state index contributed by atoms with van der Waals surface area (Å²) in [6, 6.07) is 8.82. The SMILES string of the molecule is COc1ccc(C(CN)N2CC(C)OCC2C)cc1. The molecule has 1 aromatic carbocycles. The number of hydrogen-bond donors (Lipinski definition) is 1. The van der Waals surface area contributed by atoms with Crippen LogP contribution in [0.2, 0.25) is 0 Å². The molecule has 1 heterocycles. The van der Waals surface area contributed by atoms with Gasteiger partial charge in [0.25, 0.3) is 0 Å². The summed E-state index contributed by atoms with van der Waals surface area (Å²) in [7, 11) is 1.68. The van der Waals surface area contributed by atoms with Crippen LogP contribution >= 0.6 is 0 Å². The number of ether oxygens (including phenoxy) is 2. The van der Waals surface area contributed by atoms with Crippen LogP contribution in [-0.4, -0.2) is 43.9 Å². The molecule has 1 aromatic rings. The van der Waals surface area contributed by atoms with E-state index in [1.807, 2.05) is 12.1 Å². The van der Waals surface area contributed by atoms with Gasteiger partial charge in [-0.25, -0.2) is 0 Å². The number of hydrogen-bond acceptors (Lipinski definition) is 4. The van der Waals surface area contributed by atoms with E-state index in [4.69, 9.17) is 15.2 Å². The fourth-order valence-corrected chi connectivity index (χ4v) is 2.65. The summed E-state index contributed by atoms with van der Waals surface area (Å²) < 4.78 is 10.9. The summed E-state index contributed by atoms with van der Waals surface area (Å²) in [5.41, 5.74) is 7.24. The van der Waals surface area contributed by atoms with Crippen molar-refractivity contribution in [2.75, 3.05) is 26.8 Å². The monoisotopic (exact) mass is 264 g/mol. The molecule has 0 amide bonds. The quantitative estimate of drug-likeness (QED) is 0.901. The summed E-state index contributed by atoms with van der Waals surface area (Å²) >= 11 is 0. The first kappa shape index (κ1) is 14.3. The van der Waals surface area contributed by atoms with Gasteiger partial charge >= 0.3 is 0 Å². The third-order valence-electron chi connectivity index (χ3n) is 3.78. The molecule has 19 heavy (non-hydrogen) atoms. The second-order valence-electron chi connectivity index (χ2n) is 5.21. The average molecular weight is 264 g/mol. The van der Waals surface area contributed by atoms with Crippen molar-refractivity contribution in [2.45, 2.75) is 32.0 Å². The first-order chi connectivity index (χ1) is 9.15. The molecule has 1 fully saturated rings. The van der Waals surface area contributed by atoms with E-state index in [-0.39, 0.29) is 12.1 Å². The standard InChI is InChI=1S/C15H24N2O2/c1-11-10-19-12(2)9-17(11)15(8-16)13-4-6-14(18-3)7-5-13/h4-7,11-12,15H,8-10,16H2,1-3H3. The van der Waals surface area contributed by atoms with E-state index in [1.165, 1.54) is 5.56 Å². The maximum atomic E-state index is 6.00. The Balaban J connectivity index is 2.17. The van der Waals surface area contributed by atoms with Gasteiger partial charge in [-0.1, -0.05) is 12.1 Å². The van der Waals surface area contributed by atoms with Crippen molar-refractivity contribution < 1.29 is 9.47 Å². The largest absolute Gasteiger partial charge is 0.497 e. The Kier molecular flexibility index (Phi) is 4.80. The van der Waals surface area contributed by atoms with Crippen LogP contribution in [0.5, 0.6) is 5.75 Å². The lowest BCUT2D eigenvalue weighted by Gasteiger charge is -2.41. The lowest BCUT2D eigenvalue weighted by atomic mass is 10.0. The highest BCUT2D eigenvalue weighted by Crippen LogP contribution is 2.26. The van der Waals surface area contributed by atoms with Crippen molar-refractivity contribution in [3.05, 3.63) is 29.8 Å². The van der Waals surface area contributed by atoms with Crippen LogP contribution in [0.1, 0.15) is 25.5 Å². The molecule has 0 saturated carbocycles. The summed E-state index contributed by atoms with van der Waals surface area (Å²) in [6.07, 6.45) is 0.267. The molecule has 0 spiro atoms. The minimum Gasteiger partial charge on any atom is -0.497 e. The predicted octanol–water partition coefficient (Wildman–Crippen LogP) is 1.80. The maximum Gasteiger partial charge on any atom is 0.118 e. The van der Waals surface area contributed by atoms with Gasteiger partial charge in [0.1, 0.15) is 5.75 Å². The lowest BCUT2D eigenvalue weighted by Crippen LogP contribution is -2.50. The first-order valence-electron chi connectivity index (χ1n) is 6.87. The van der Waals surface area contributed by atoms with Crippen molar-refractivity contribution in [3.63, 3.8) is 0 Å². The Bertz CT molecular complexity index is 394. The van der Waals surface area contributed by atoms with Gasteiger partial charge in [0.15, 0.2) is 0 Å². The Morgan fingerprint density at radius 3 is 2.63 bits per heavy atom. The highest BCUT2D eigenvalue weighted by Gasteiger charge is 2.29. The molecule has 3 atom stereocenters.